The number of ether oxygens (including phenoxy) is 1. The van der Waals surface area contributed by atoms with Crippen molar-refractivity contribution in [2.24, 2.45) is 10.4 Å². The summed E-state index contributed by atoms with van der Waals surface area (Å²) in [6.45, 7) is 16.4. The zero-order valence-electron chi connectivity index (χ0n) is 38.5. The summed E-state index contributed by atoms with van der Waals surface area (Å²) in [4.78, 5) is 63.1. The molecule has 2 unspecified atom stereocenters. The first-order chi connectivity index (χ1) is 31.0. The van der Waals surface area contributed by atoms with E-state index in [1.807, 2.05) is 56.5 Å². The van der Waals surface area contributed by atoms with Gasteiger partial charge in [-0.2, -0.15) is 0 Å². The van der Waals surface area contributed by atoms with Gasteiger partial charge in [-0.3, -0.25) is 28.7 Å². The van der Waals surface area contributed by atoms with Crippen molar-refractivity contribution >= 4 is 52.0 Å². The molecule has 4 N–H and O–H groups in total. The lowest BCUT2D eigenvalue weighted by molar-refractivity contribution is -0.144. The van der Waals surface area contributed by atoms with Crippen LogP contribution in [0.3, 0.4) is 0 Å². The van der Waals surface area contributed by atoms with Crippen LogP contribution in [0.5, 0.6) is 0 Å². The third kappa shape index (κ3) is 10.9. The molecule has 2 aliphatic heterocycles. The Bertz CT molecular complexity index is 2550. The molecule has 1 fully saturated rings. The summed E-state index contributed by atoms with van der Waals surface area (Å²) < 4.78 is 7.74. The van der Waals surface area contributed by atoms with E-state index in [-0.39, 0.29) is 51.0 Å². The molecule has 2 aromatic carbocycles. The van der Waals surface area contributed by atoms with Gasteiger partial charge in [-0.25, -0.2) is 0 Å². The first-order valence-electron chi connectivity index (χ1n) is 22.2. The molecule has 2 aliphatic rings. The number of likely N-dealkylation sites (tertiary alicyclic amines) is 1. The number of hydrogen-bond acceptors (Lipinski definition) is 11. The number of nitrogens with one attached hydrogen (secondary N) is 3. The third-order valence-corrected chi connectivity index (χ3v) is 14.3. The van der Waals surface area contributed by atoms with Crippen LogP contribution in [-0.2, 0) is 30.5 Å². The zero-order chi connectivity index (χ0) is 46.6. The minimum Gasteiger partial charge on any atom is -0.391 e. The predicted octanol–water partition coefficient (Wildman–Crippen LogP) is 6.60. The Morgan fingerprint density at radius 3 is 2.32 bits per heavy atom. The SMILES string of the molecule is Cc1ccc(C2=NC(CC(=O)NCCCCOCC(=O)N[C@H](C(=O)N3CC(O)C[C@H]3C(=O)NCc3ccc(-c4sccc4C)cc3)C(C)(C)C)c3nnc(C)n3-c3sc(C)c(C)c32)cc1. The van der Waals surface area contributed by atoms with Gasteiger partial charge in [-0.1, -0.05) is 74.9 Å². The minimum atomic E-state index is -0.966. The second kappa shape index (κ2) is 20.3. The number of aromatic nitrogens is 3. The van der Waals surface area contributed by atoms with Gasteiger partial charge in [0, 0.05) is 53.5 Å². The van der Waals surface area contributed by atoms with Gasteiger partial charge in [-0.05, 0) is 86.6 Å². The number of aliphatic hydroxyl groups excluding tert-OH is 1. The van der Waals surface area contributed by atoms with Crippen molar-refractivity contribution in [3.05, 3.63) is 110 Å². The normalized spacial score (nSPS) is 17.5. The highest BCUT2D eigenvalue weighted by Gasteiger charge is 2.44. The van der Waals surface area contributed by atoms with E-state index >= 15 is 0 Å². The summed E-state index contributed by atoms with van der Waals surface area (Å²) >= 11 is 3.36. The number of carbonyl (C=O) groups excluding carboxylic acids is 4. The standard InChI is InChI=1S/C49H60N8O6S2/c1-28-11-15-34(16-12-28)42-41-30(3)31(4)65-48(41)57-32(5)54-55-45(57)37(52-42)24-39(59)50-20-9-10-21-63-27-40(60)53-44(49(6,7)8)47(62)56-26-36(58)23-38(56)46(61)51-25-33-13-17-35(18-14-33)43-29(2)19-22-64-43/h11-19,22,36-38,44,58H,9-10,20-21,23-27H2,1-8H3,(H,50,59)(H,51,61)(H,53,60)/t36?,37?,38-,44+/m0/s1. The van der Waals surface area contributed by atoms with Gasteiger partial charge in [0.15, 0.2) is 5.82 Å². The molecule has 65 heavy (non-hydrogen) atoms. The lowest BCUT2D eigenvalue weighted by atomic mass is 9.85. The van der Waals surface area contributed by atoms with Crippen LogP contribution in [0.4, 0.5) is 0 Å². The summed E-state index contributed by atoms with van der Waals surface area (Å²) in [6, 6.07) is 16.0. The second-order valence-electron chi connectivity index (χ2n) is 18.2. The number of benzene rings is 2. The van der Waals surface area contributed by atoms with Gasteiger partial charge >= 0.3 is 0 Å². The van der Waals surface area contributed by atoms with Crippen LogP contribution in [0.1, 0.15) is 102 Å². The van der Waals surface area contributed by atoms with E-state index in [0.717, 1.165) is 49.9 Å². The Labute approximate surface area is 388 Å². The summed E-state index contributed by atoms with van der Waals surface area (Å²) in [7, 11) is 0. The van der Waals surface area contributed by atoms with Crippen molar-refractivity contribution in [2.75, 3.05) is 26.3 Å². The number of carbonyl (C=O) groups is 4. The van der Waals surface area contributed by atoms with Crippen molar-refractivity contribution in [3.8, 4) is 15.4 Å². The molecule has 16 heteroatoms. The Balaban J connectivity index is 0.873. The van der Waals surface area contributed by atoms with Crippen LogP contribution in [-0.4, -0.2) is 98.6 Å². The molecule has 0 saturated carbocycles. The van der Waals surface area contributed by atoms with Gasteiger partial charge in [-0.15, -0.1) is 32.9 Å². The molecule has 1 saturated heterocycles. The smallest absolute Gasteiger partial charge is 0.246 e. The number of aliphatic imine (C=N–C) groups is 1. The highest BCUT2D eigenvalue weighted by molar-refractivity contribution is 7.15. The van der Waals surface area contributed by atoms with Crippen molar-refractivity contribution < 1.29 is 29.0 Å². The van der Waals surface area contributed by atoms with Gasteiger partial charge in [0.05, 0.1) is 18.2 Å². The molecule has 344 valence electrons. The Hall–Kier alpha value is -5.55. The van der Waals surface area contributed by atoms with Crippen LogP contribution in [0.15, 0.2) is 65.0 Å². The zero-order valence-corrected chi connectivity index (χ0v) is 40.1. The molecular formula is C49H60N8O6S2. The van der Waals surface area contributed by atoms with Crippen molar-refractivity contribution in [1.82, 2.24) is 35.6 Å². The number of hydrogen-bond donors (Lipinski definition) is 4. The summed E-state index contributed by atoms with van der Waals surface area (Å²) in [5.41, 5.74) is 7.68. The summed E-state index contributed by atoms with van der Waals surface area (Å²) in [5.74, 6) is -0.0628. The number of unbranched alkanes of at least 4 members (excludes halogenated alkanes) is 1. The first kappa shape index (κ1) is 47.4. The molecule has 14 nitrogen and oxygen atoms in total. The number of aliphatic hydroxyl groups is 1. The second-order valence-corrected chi connectivity index (χ2v) is 20.3. The maximum atomic E-state index is 14.0. The van der Waals surface area contributed by atoms with Crippen LogP contribution < -0.4 is 16.0 Å². The van der Waals surface area contributed by atoms with E-state index in [0.29, 0.717) is 25.2 Å². The third-order valence-electron chi connectivity index (χ3n) is 12.0. The first-order valence-corrected chi connectivity index (χ1v) is 23.9. The highest BCUT2D eigenvalue weighted by Crippen LogP contribution is 2.39. The number of nitrogens with zero attached hydrogens (tertiary/aromatic N) is 5. The van der Waals surface area contributed by atoms with Crippen LogP contribution >= 0.6 is 22.7 Å². The molecule has 4 atom stereocenters. The molecule has 0 bridgehead atoms. The van der Waals surface area contributed by atoms with E-state index in [4.69, 9.17) is 9.73 Å². The van der Waals surface area contributed by atoms with Crippen LogP contribution in [0.25, 0.3) is 15.4 Å². The van der Waals surface area contributed by atoms with Crippen molar-refractivity contribution in [3.63, 3.8) is 0 Å². The van der Waals surface area contributed by atoms with Crippen LogP contribution in [0.2, 0.25) is 0 Å². The monoisotopic (exact) mass is 920 g/mol. The molecule has 0 radical (unpaired) electrons. The average Bonchev–Trinajstić information content (AvgIpc) is 4.03. The molecule has 7 rings (SSSR count). The Morgan fingerprint density at radius 2 is 1.63 bits per heavy atom. The molecule has 5 aromatic rings. The Morgan fingerprint density at radius 1 is 0.908 bits per heavy atom. The van der Waals surface area contributed by atoms with E-state index in [1.54, 1.807) is 22.7 Å². The summed E-state index contributed by atoms with van der Waals surface area (Å²) in [6.07, 6.45) is 0.526. The number of β-amino-alcohol motifs (C(OH)–C–C–N with tert-alkyl or cyclic N) is 1. The maximum Gasteiger partial charge on any atom is 0.246 e. The summed E-state index contributed by atoms with van der Waals surface area (Å²) in [5, 5.41) is 31.4. The average molecular weight is 921 g/mol. The number of thiophene rings is 2. The highest BCUT2D eigenvalue weighted by atomic mass is 32.1. The van der Waals surface area contributed by atoms with Gasteiger partial charge in [0.25, 0.3) is 0 Å². The number of aryl methyl sites for hydroxylation is 4. The van der Waals surface area contributed by atoms with Crippen LogP contribution in [0, 0.1) is 40.0 Å². The van der Waals surface area contributed by atoms with Crippen molar-refractivity contribution in [2.45, 2.75) is 112 Å². The number of fused-ring (bicyclic) bond motifs is 3. The van der Waals surface area contributed by atoms with Crippen molar-refractivity contribution in [1.29, 1.82) is 0 Å². The lowest BCUT2D eigenvalue weighted by Gasteiger charge is -2.35. The largest absolute Gasteiger partial charge is 0.391 e. The fraction of sp³-hybridized carbons (Fsp3) is 0.449. The van der Waals surface area contributed by atoms with E-state index < -0.39 is 41.5 Å². The molecule has 0 aliphatic carbocycles. The predicted molar refractivity (Wildman–Crippen MR) is 255 cm³/mol. The molecule has 0 spiro atoms. The number of rotatable bonds is 16. The molecular weight excluding hydrogens is 861 g/mol. The van der Waals surface area contributed by atoms with Gasteiger partial charge < -0.3 is 30.7 Å². The molecule has 3 aromatic heterocycles. The van der Waals surface area contributed by atoms with E-state index in [1.165, 1.54) is 20.2 Å². The lowest BCUT2D eigenvalue weighted by Crippen LogP contribution is -2.58. The fourth-order valence-corrected chi connectivity index (χ4v) is 10.4. The van der Waals surface area contributed by atoms with E-state index in [9.17, 15) is 24.3 Å². The Kier molecular flexibility index (Phi) is 14.8. The fourth-order valence-electron chi connectivity index (χ4n) is 8.28. The number of amides is 4. The van der Waals surface area contributed by atoms with Gasteiger partial charge in [0.1, 0.15) is 35.6 Å². The topological polar surface area (TPSA) is 180 Å². The quantitative estimate of drug-likeness (QED) is 0.0800. The maximum absolute atomic E-state index is 14.0. The molecule has 5 heterocycles. The van der Waals surface area contributed by atoms with E-state index in [2.05, 4.69) is 89.6 Å². The minimum absolute atomic E-state index is 0.0138. The van der Waals surface area contributed by atoms with Gasteiger partial charge in [0.2, 0.25) is 23.6 Å². The molecule has 4 amide bonds.